The molecule has 2 amide bonds. The maximum atomic E-state index is 15.2. The van der Waals surface area contributed by atoms with E-state index in [9.17, 15) is 13.6 Å². The maximum Gasteiger partial charge on any atom is 0.251 e. The van der Waals surface area contributed by atoms with E-state index in [-0.39, 0.29) is 54.0 Å². The van der Waals surface area contributed by atoms with Gasteiger partial charge in [0.2, 0.25) is 6.41 Å². The van der Waals surface area contributed by atoms with Crippen molar-refractivity contribution in [3.8, 4) is 22.8 Å². The topological polar surface area (TPSA) is 142 Å². The van der Waals surface area contributed by atoms with Gasteiger partial charge in [-0.1, -0.05) is 18.5 Å². The van der Waals surface area contributed by atoms with Crippen LogP contribution in [-0.2, 0) is 4.79 Å². The second kappa shape index (κ2) is 13.1. The molecule has 3 aliphatic carbocycles. The molecule has 0 bridgehead atoms. The van der Waals surface area contributed by atoms with E-state index in [1.165, 1.54) is 12.3 Å². The predicted molar refractivity (Wildman–Crippen MR) is 172 cm³/mol. The van der Waals surface area contributed by atoms with Crippen LogP contribution in [0.25, 0.3) is 11.3 Å². The summed E-state index contributed by atoms with van der Waals surface area (Å²) in [5.74, 6) is -2.67. The van der Waals surface area contributed by atoms with E-state index in [1.807, 2.05) is 13.0 Å². The number of rotatable bonds is 10. The van der Waals surface area contributed by atoms with Gasteiger partial charge in [-0.05, 0) is 61.9 Å². The van der Waals surface area contributed by atoms with Gasteiger partial charge < -0.3 is 26.3 Å². The Bertz CT molecular complexity index is 1740. The number of hydrogen-bond acceptors (Lipinski definition) is 7. The van der Waals surface area contributed by atoms with Gasteiger partial charge >= 0.3 is 0 Å². The molecular weight excluding hydrogens is 635 g/mol. The lowest BCUT2D eigenvalue weighted by molar-refractivity contribution is -0.106. The molecule has 1 aromatic heterocycles. The quantitative estimate of drug-likeness (QED) is 0.0771. The van der Waals surface area contributed by atoms with Gasteiger partial charge in [-0.3, -0.25) is 14.6 Å². The van der Waals surface area contributed by atoms with Crippen molar-refractivity contribution in [2.45, 2.75) is 69.2 Å². The van der Waals surface area contributed by atoms with E-state index < -0.39 is 22.4 Å². The van der Waals surface area contributed by atoms with E-state index in [1.54, 1.807) is 12.1 Å². The van der Waals surface area contributed by atoms with Gasteiger partial charge in [-0.25, -0.2) is 18.2 Å². The normalized spacial score (nSPS) is 19.6. The lowest BCUT2D eigenvalue weighted by Crippen LogP contribution is -2.30. The number of ether oxygens (including phenoxy) is 2. The zero-order chi connectivity index (χ0) is 33.5. The van der Waals surface area contributed by atoms with Crippen LogP contribution in [0, 0.1) is 17.6 Å². The number of nitrogens with two attached hydrogens (primary N) is 2. The molecule has 9 nitrogen and oxygen atoms in total. The molecule has 0 radical (unpaired) electrons. The van der Waals surface area contributed by atoms with Crippen molar-refractivity contribution < 1.29 is 32.2 Å². The molecule has 4 aliphatic rings. The fourth-order valence-electron chi connectivity index (χ4n) is 5.55. The zero-order valence-corrected chi connectivity index (χ0v) is 26.5. The average molecular weight is 670 g/mol. The van der Waals surface area contributed by atoms with Gasteiger partial charge in [0.05, 0.1) is 18.4 Å². The lowest BCUT2D eigenvalue weighted by atomic mass is 9.93. The Kier molecular flexibility index (Phi) is 9.06. The van der Waals surface area contributed by atoms with Gasteiger partial charge in [0.25, 0.3) is 5.91 Å². The second-order valence-electron chi connectivity index (χ2n) is 12.5. The van der Waals surface area contributed by atoms with Crippen LogP contribution in [0.3, 0.4) is 0 Å². The molecule has 2 unspecified atom stereocenters. The number of amides is 2. The molecule has 0 saturated heterocycles. The molecule has 13 heteroatoms. The Morgan fingerprint density at radius 2 is 1.96 bits per heavy atom. The third kappa shape index (κ3) is 7.17. The number of carbonyl (C=O) groups is 2. The number of aromatic nitrogens is 1. The van der Waals surface area contributed by atoms with Gasteiger partial charge in [0.1, 0.15) is 28.0 Å². The van der Waals surface area contributed by atoms with Gasteiger partial charge in [0, 0.05) is 65.4 Å². The van der Waals surface area contributed by atoms with Crippen LogP contribution in [0.5, 0.6) is 11.5 Å². The standard InChI is InChI=1S/C33H32ClF3N4O3.CH3NO/c1-16-15-43-31-22(16)12-25(41-30(31)21-6-7-24(35)27(34)28(21)36)23(17-2-3-17)14-39-32(42)18-10-19(13-40-33(37)8-9-33)29(38)26(11-18)44-20-4-5-20;2-1-3/h6-7,10-13,16-17,20,23H,2-5,8-9,14-15,38H2,1H3,(H,39,42);1H,(H2,2,3)/b40-13+;. The van der Waals surface area contributed by atoms with Gasteiger partial charge in [-0.2, -0.15) is 0 Å². The average Bonchev–Trinajstić information content (AvgIpc) is 3.95. The second-order valence-corrected chi connectivity index (χ2v) is 12.9. The molecule has 248 valence electrons. The molecule has 2 atom stereocenters. The monoisotopic (exact) mass is 669 g/mol. The van der Waals surface area contributed by atoms with Crippen LogP contribution in [0.15, 0.2) is 35.3 Å². The Balaban J connectivity index is 0.00000124. The van der Waals surface area contributed by atoms with Crippen LogP contribution in [0.1, 0.15) is 84.5 Å². The first kappa shape index (κ1) is 32.6. The maximum absolute atomic E-state index is 15.2. The van der Waals surface area contributed by atoms with Crippen molar-refractivity contribution >= 4 is 35.8 Å². The van der Waals surface area contributed by atoms with Crippen LogP contribution in [0.2, 0.25) is 5.02 Å². The number of nitrogen functional groups attached to an aromatic ring is 1. The minimum Gasteiger partial charge on any atom is -0.490 e. The number of nitrogens with one attached hydrogen (secondary N) is 1. The summed E-state index contributed by atoms with van der Waals surface area (Å²) in [6.45, 7) is 2.70. The first-order valence-corrected chi connectivity index (χ1v) is 16.0. The smallest absolute Gasteiger partial charge is 0.251 e. The summed E-state index contributed by atoms with van der Waals surface area (Å²) in [5, 5.41) is 2.44. The Morgan fingerprint density at radius 3 is 2.62 bits per heavy atom. The number of benzene rings is 2. The Hall–Kier alpha value is -4.32. The van der Waals surface area contributed by atoms with Crippen molar-refractivity contribution in [1.82, 2.24) is 10.3 Å². The highest BCUT2D eigenvalue weighted by Crippen LogP contribution is 2.47. The highest BCUT2D eigenvalue weighted by Gasteiger charge is 2.42. The zero-order valence-electron chi connectivity index (χ0n) is 25.7. The fraction of sp³-hybridized carbons (Fsp3) is 0.412. The molecule has 2 aromatic carbocycles. The summed E-state index contributed by atoms with van der Waals surface area (Å²) in [4.78, 5) is 31.0. The number of halogens is 4. The summed E-state index contributed by atoms with van der Waals surface area (Å²) in [7, 11) is 0. The number of hydrogen-bond donors (Lipinski definition) is 3. The van der Waals surface area contributed by atoms with Crippen molar-refractivity contribution in [3.05, 3.63) is 69.4 Å². The molecule has 5 N–H and O–H groups in total. The molecule has 2 heterocycles. The molecular formula is C34H35ClF3N5O4. The Morgan fingerprint density at radius 1 is 1.23 bits per heavy atom. The third-order valence-electron chi connectivity index (χ3n) is 8.73. The molecule has 7 rings (SSSR count). The number of primary amides is 1. The van der Waals surface area contributed by atoms with E-state index in [0.29, 0.717) is 53.5 Å². The van der Waals surface area contributed by atoms with Gasteiger partial charge in [0.15, 0.2) is 11.6 Å². The van der Waals surface area contributed by atoms with E-state index in [4.69, 9.17) is 36.6 Å². The first-order chi connectivity index (χ1) is 22.5. The van der Waals surface area contributed by atoms with E-state index >= 15 is 4.39 Å². The molecule has 1 aliphatic heterocycles. The molecule has 3 fully saturated rings. The lowest BCUT2D eigenvalue weighted by Gasteiger charge is -2.20. The highest BCUT2D eigenvalue weighted by molar-refractivity contribution is 6.31. The SMILES string of the molecule is CC1COc2c1cc(C(CNC(=O)c1cc(/C=N/C3(F)CC3)c(N)c(OC3CC3)c1)C1CC1)nc2-c1ccc(F)c(Cl)c1F.NC=O. The number of anilines is 1. The predicted octanol–water partition coefficient (Wildman–Crippen LogP) is 6.20. The van der Waals surface area contributed by atoms with Gasteiger partial charge in [-0.15, -0.1) is 0 Å². The van der Waals surface area contributed by atoms with Crippen LogP contribution < -0.4 is 26.3 Å². The molecule has 47 heavy (non-hydrogen) atoms. The number of nitrogens with zero attached hydrogens (tertiary/aromatic N) is 2. The minimum absolute atomic E-state index is 0.0396. The van der Waals surface area contributed by atoms with E-state index in [0.717, 1.165) is 37.3 Å². The van der Waals surface area contributed by atoms with Crippen molar-refractivity contribution in [2.24, 2.45) is 16.6 Å². The van der Waals surface area contributed by atoms with E-state index in [2.05, 4.69) is 16.0 Å². The van der Waals surface area contributed by atoms with Crippen LogP contribution in [-0.4, -0.2) is 48.6 Å². The summed E-state index contributed by atoms with van der Waals surface area (Å²) < 4.78 is 55.3. The van der Waals surface area contributed by atoms with Crippen molar-refractivity contribution in [1.29, 1.82) is 0 Å². The number of pyridine rings is 1. The third-order valence-corrected chi connectivity index (χ3v) is 9.07. The number of aliphatic imine (C=N–C) groups is 1. The largest absolute Gasteiger partial charge is 0.490 e. The number of fused-ring (bicyclic) bond motifs is 1. The van der Waals surface area contributed by atoms with Crippen LogP contribution in [0.4, 0.5) is 18.9 Å². The summed E-state index contributed by atoms with van der Waals surface area (Å²) in [5.41, 5.74) is 13.5. The first-order valence-electron chi connectivity index (χ1n) is 15.6. The van der Waals surface area contributed by atoms with Crippen LogP contribution >= 0.6 is 11.6 Å². The summed E-state index contributed by atoms with van der Waals surface area (Å²) in [6.07, 6.45) is 6.14. The Labute approximate surface area is 274 Å². The summed E-state index contributed by atoms with van der Waals surface area (Å²) in [6, 6.07) is 7.61. The minimum atomic E-state index is -1.56. The molecule has 3 aromatic rings. The number of alkyl halides is 1. The fourth-order valence-corrected chi connectivity index (χ4v) is 5.72. The number of carbonyl (C=O) groups excluding carboxylic acids is 2. The molecule has 3 saturated carbocycles. The highest BCUT2D eigenvalue weighted by atomic mass is 35.5. The molecule has 0 spiro atoms. The summed E-state index contributed by atoms with van der Waals surface area (Å²) >= 11 is 5.92. The van der Waals surface area contributed by atoms with Crippen molar-refractivity contribution in [3.63, 3.8) is 0 Å². The van der Waals surface area contributed by atoms with Crippen molar-refractivity contribution in [2.75, 3.05) is 18.9 Å².